The molecule has 9 nitrogen and oxygen atoms in total. The number of carbonyl (C=O) groups excluding carboxylic acids is 1. The van der Waals surface area contributed by atoms with Crippen LogP contribution >= 0.6 is 24.0 Å². The lowest BCUT2D eigenvalue weighted by atomic mass is 10.1. The fraction of sp³-hybridized carbons (Fsp3) is 0.320. The number of fused-ring (bicyclic) bond motifs is 1. The summed E-state index contributed by atoms with van der Waals surface area (Å²) in [6.07, 6.45) is -3.28. The van der Waals surface area contributed by atoms with Crippen LogP contribution in [0.3, 0.4) is 0 Å². The molecule has 3 N–H and O–H groups in total. The molecular weight excluding hydrogens is 560 g/mol. The zero-order valence-electron chi connectivity index (χ0n) is 20.6. The van der Waals surface area contributed by atoms with Crippen LogP contribution in [-0.2, 0) is 6.18 Å². The molecule has 0 radical (unpaired) electrons. The predicted octanol–water partition coefficient (Wildman–Crippen LogP) is 5.22. The second-order valence-corrected chi connectivity index (χ2v) is 9.31. The highest BCUT2D eigenvalue weighted by Crippen LogP contribution is 2.39. The molecule has 1 saturated heterocycles. The van der Waals surface area contributed by atoms with Crippen molar-refractivity contribution in [1.29, 1.82) is 0 Å². The van der Waals surface area contributed by atoms with Crippen LogP contribution in [-0.4, -0.2) is 54.7 Å². The van der Waals surface area contributed by atoms with Gasteiger partial charge in [0.2, 0.25) is 5.75 Å². The maximum absolute atomic E-state index is 13.7. The van der Waals surface area contributed by atoms with Gasteiger partial charge in [0.25, 0.3) is 11.8 Å². The Kier molecular flexibility index (Phi) is 8.57. The van der Waals surface area contributed by atoms with Crippen LogP contribution < -0.4 is 30.3 Å². The van der Waals surface area contributed by atoms with Gasteiger partial charge < -0.3 is 30.3 Å². The second kappa shape index (κ2) is 11.7. The van der Waals surface area contributed by atoms with E-state index in [1.807, 2.05) is 11.8 Å². The number of hydrogen-bond donors (Lipinski definition) is 3. The van der Waals surface area contributed by atoms with Crippen molar-refractivity contribution in [1.82, 2.24) is 15.3 Å². The van der Waals surface area contributed by atoms with Crippen molar-refractivity contribution in [3.8, 4) is 17.4 Å². The quantitative estimate of drug-likeness (QED) is 0.375. The van der Waals surface area contributed by atoms with E-state index in [2.05, 4.69) is 25.9 Å². The number of amides is 1. The fourth-order valence-corrected chi connectivity index (χ4v) is 4.39. The topological polar surface area (TPSA) is 101 Å². The summed E-state index contributed by atoms with van der Waals surface area (Å²) in [7, 11) is 0. The molecule has 0 unspecified atom stereocenters. The lowest BCUT2D eigenvalue weighted by molar-refractivity contribution is -0.137. The highest BCUT2D eigenvalue weighted by molar-refractivity contribution is 6.32. The van der Waals surface area contributed by atoms with Gasteiger partial charge in [0, 0.05) is 42.6 Å². The molecule has 0 aliphatic carbocycles. The van der Waals surface area contributed by atoms with Crippen molar-refractivity contribution in [3.05, 3.63) is 58.9 Å². The standard InChI is InChI=1S/C25H24ClF3N6O3.ClH/c1-14-12-35(6-4-30-14)18-10-16(25(27,28)29)9-17(11-18)34-23(36)15-2-3-19(26)20(8-15)38-24-21-22(32-13-33-24)31-5-7-37-21;/h2-3,8-11,13-14,30H,4-7,12H2,1H3,(H,34,36)(H,31,32,33);1H/t14-;/m1./s1. The minimum atomic E-state index is -4.58. The Bertz CT molecular complexity index is 1360. The third kappa shape index (κ3) is 6.57. The summed E-state index contributed by atoms with van der Waals surface area (Å²) in [4.78, 5) is 23.1. The average Bonchev–Trinajstić information content (AvgIpc) is 2.89. The second-order valence-electron chi connectivity index (χ2n) is 8.90. The van der Waals surface area contributed by atoms with Gasteiger partial charge in [-0.25, -0.2) is 4.98 Å². The number of ether oxygens (including phenoxy) is 2. The number of carbonyl (C=O) groups is 1. The number of nitrogens with zero attached hydrogens (tertiary/aromatic N) is 3. The Morgan fingerprint density at radius 3 is 2.79 bits per heavy atom. The molecule has 0 saturated carbocycles. The van der Waals surface area contributed by atoms with E-state index in [-0.39, 0.29) is 46.4 Å². The molecule has 3 aromatic rings. The molecule has 5 rings (SSSR count). The first-order valence-electron chi connectivity index (χ1n) is 11.9. The predicted molar refractivity (Wildman–Crippen MR) is 144 cm³/mol. The number of piperazine rings is 1. The summed E-state index contributed by atoms with van der Waals surface area (Å²) in [5.74, 6) is 0.366. The van der Waals surface area contributed by atoms with Gasteiger partial charge >= 0.3 is 6.18 Å². The minimum Gasteiger partial charge on any atom is -0.483 e. The van der Waals surface area contributed by atoms with Gasteiger partial charge in [-0.15, -0.1) is 12.4 Å². The van der Waals surface area contributed by atoms with Crippen molar-refractivity contribution in [2.45, 2.75) is 19.1 Å². The van der Waals surface area contributed by atoms with Crippen LogP contribution in [0, 0.1) is 0 Å². The number of hydrogen-bond acceptors (Lipinski definition) is 8. The number of benzene rings is 2. The molecule has 1 fully saturated rings. The summed E-state index contributed by atoms with van der Waals surface area (Å²) in [5, 5.41) is 9.11. The van der Waals surface area contributed by atoms with E-state index in [0.717, 1.165) is 12.1 Å². The molecule has 14 heteroatoms. The van der Waals surface area contributed by atoms with Gasteiger partial charge in [-0.1, -0.05) is 11.6 Å². The normalized spacial score (nSPS) is 16.7. The number of halogens is 5. The summed E-state index contributed by atoms with van der Waals surface area (Å²) < 4.78 is 52.5. The summed E-state index contributed by atoms with van der Waals surface area (Å²) in [6.45, 7) is 4.65. The van der Waals surface area contributed by atoms with E-state index >= 15 is 0 Å². The molecule has 208 valence electrons. The van der Waals surface area contributed by atoms with Gasteiger partial charge in [-0.3, -0.25) is 4.79 Å². The number of anilines is 3. The maximum atomic E-state index is 13.7. The molecule has 1 aromatic heterocycles. The molecule has 0 spiro atoms. The SMILES string of the molecule is C[C@@H]1CN(c2cc(NC(=O)c3ccc(Cl)c(Oc4ncnc5c4OCCN5)c3)cc(C(F)(F)F)c2)CCN1.Cl. The Labute approximate surface area is 233 Å². The van der Waals surface area contributed by atoms with Crippen molar-refractivity contribution in [3.63, 3.8) is 0 Å². The number of rotatable bonds is 5. The lowest BCUT2D eigenvalue weighted by Crippen LogP contribution is -2.49. The van der Waals surface area contributed by atoms with E-state index in [1.54, 1.807) is 0 Å². The molecule has 39 heavy (non-hydrogen) atoms. The van der Waals surface area contributed by atoms with Gasteiger partial charge in [0.15, 0.2) is 5.82 Å². The third-order valence-electron chi connectivity index (χ3n) is 6.05. The van der Waals surface area contributed by atoms with Crippen molar-refractivity contribution in [2.75, 3.05) is 48.3 Å². The zero-order valence-corrected chi connectivity index (χ0v) is 22.2. The molecule has 1 amide bonds. The largest absolute Gasteiger partial charge is 0.483 e. The van der Waals surface area contributed by atoms with E-state index < -0.39 is 17.6 Å². The molecule has 2 aliphatic rings. The van der Waals surface area contributed by atoms with E-state index in [9.17, 15) is 18.0 Å². The Balaban J connectivity index is 0.00000353. The Morgan fingerprint density at radius 2 is 2.03 bits per heavy atom. The van der Waals surface area contributed by atoms with Crippen LogP contribution in [0.25, 0.3) is 0 Å². The molecular formula is C25H25Cl2F3N6O3. The van der Waals surface area contributed by atoms with Gasteiger partial charge in [0.05, 0.1) is 17.1 Å². The fourth-order valence-electron chi connectivity index (χ4n) is 4.24. The first-order valence-corrected chi connectivity index (χ1v) is 12.3. The highest BCUT2D eigenvalue weighted by Gasteiger charge is 2.32. The van der Waals surface area contributed by atoms with E-state index in [1.165, 1.54) is 30.6 Å². The number of alkyl halides is 3. The molecule has 2 aliphatic heterocycles. The van der Waals surface area contributed by atoms with Crippen LogP contribution in [0.15, 0.2) is 42.7 Å². The van der Waals surface area contributed by atoms with E-state index in [0.29, 0.717) is 50.0 Å². The van der Waals surface area contributed by atoms with Crippen LogP contribution in [0.5, 0.6) is 17.4 Å². The maximum Gasteiger partial charge on any atom is 0.416 e. The first kappa shape index (κ1) is 28.5. The number of aromatic nitrogens is 2. The number of nitrogens with one attached hydrogen (secondary N) is 3. The van der Waals surface area contributed by atoms with Crippen molar-refractivity contribution >= 4 is 47.1 Å². The third-order valence-corrected chi connectivity index (χ3v) is 6.36. The smallest absolute Gasteiger partial charge is 0.416 e. The minimum absolute atomic E-state index is 0. The molecule has 2 aromatic carbocycles. The summed E-state index contributed by atoms with van der Waals surface area (Å²) in [6, 6.07) is 7.96. The Morgan fingerprint density at radius 1 is 1.21 bits per heavy atom. The van der Waals surface area contributed by atoms with Gasteiger partial charge in [0.1, 0.15) is 18.7 Å². The summed E-state index contributed by atoms with van der Waals surface area (Å²) >= 11 is 6.29. The van der Waals surface area contributed by atoms with Crippen LogP contribution in [0.2, 0.25) is 5.02 Å². The van der Waals surface area contributed by atoms with E-state index in [4.69, 9.17) is 21.1 Å². The highest BCUT2D eigenvalue weighted by atomic mass is 35.5. The molecule has 1 atom stereocenters. The lowest BCUT2D eigenvalue weighted by Gasteiger charge is -2.34. The van der Waals surface area contributed by atoms with Gasteiger partial charge in [-0.05, 0) is 43.3 Å². The molecule has 0 bridgehead atoms. The summed E-state index contributed by atoms with van der Waals surface area (Å²) in [5.41, 5.74) is -0.321. The monoisotopic (exact) mass is 584 g/mol. The van der Waals surface area contributed by atoms with Gasteiger partial charge in [-0.2, -0.15) is 18.2 Å². The van der Waals surface area contributed by atoms with Crippen molar-refractivity contribution < 1.29 is 27.4 Å². The van der Waals surface area contributed by atoms with Crippen molar-refractivity contribution in [2.24, 2.45) is 0 Å². The molecule has 3 heterocycles. The average molecular weight is 585 g/mol. The Hall–Kier alpha value is -3.48. The zero-order chi connectivity index (χ0) is 26.9. The first-order chi connectivity index (χ1) is 18.2. The van der Waals surface area contributed by atoms with Crippen LogP contribution in [0.1, 0.15) is 22.8 Å². The van der Waals surface area contributed by atoms with Crippen LogP contribution in [0.4, 0.5) is 30.4 Å².